The predicted molar refractivity (Wildman–Crippen MR) is 109 cm³/mol. The minimum Gasteiger partial charge on any atom is -0.493 e. The molecule has 0 bridgehead atoms. The van der Waals surface area contributed by atoms with Gasteiger partial charge in [0.1, 0.15) is 5.82 Å². The smallest absolute Gasteiger partial charge is 0.165 e. The molecule has 6 nitrogen and oxygen atoms in total. The number of likely N-dealkylation sites (N-methyl/N-ethyl adjacent to an activating group) is 1. The van der Waals surface area contributed by atoms with E-state index in [1.807, 2.05) is 12.1 Å². The van der Waals surface area contributed by atoms with Crippen molar-refractivity contribution >= 4 is 0 Å². The van der Waals surface area contributed by atoms with Crippen LogP contribution in [0.15, 0.2) is 24.4 Å². The van der Waals surface area contributed by atoms with Crippen molar-refractivity contribution in [3.05, 3.63) is 47.0 Å². The summed E-state index contributed by atoms with van der Waals surface area (Å²) in [6.07, 6.45) is 5.40. The van der Waals surface area contributed by atoms with Crippen molar-refractivity contribution in [3.8, 4) is 11.5 Å². The van der Waals surface area contributed by atoms with E-state index >= 15 is 0 Å². The van der Waals surface area contributed by atoms with Crippen LogP contribution < -0.4 is 9.47 Å². The number of hydrogen-bond acceptors (Lipinski definition) is 6. The molecule has 1 saturated heterocycles. The van der Waals surface area contributed by atoms with Crippen molar-refractivity contribution in [2.24, 2.45) is 0 Å². The Hall–Kier alpha value is -2.18. The maximum atomic E-state index is 5.61. The Morgan fingerprint density at radius 1 is 1.18 bits per heavy atom. The molecule has 4 rings (SSSR count). The highest BCUT2D eigenvalue weighted by Gasteiger charge is 2.26. The minimum absolute atomic E-state index is 0.398. The lowest BCUT2D eigenvalue weighted by Crippen LogP contribution is -2.35. The average molecular weight is 383 g/mol. The molecule has 1 atom stereocenters. The molecule has 0 spiro atoms. The second kappa shape index (κ2) is 8.45. The number of piperidine rings is 1. The fraction of sp³-hybridized carbons (Fsp3) is 0.545. The van der Waals surface area contributed by atoms with Gasteiger partial charge in [0.25, 0.3) is 0 Å². The first kappa shape index (κ1) is 19.2. The lowest BCUT2D eigenvalue weighted by atomic mass is 9.96. The molecule has 0 N–H and O–H groups in total. The number of benzene rings is 1. The van der Waals surface area contributed by atoms with Gasteiger partial charge in [-0.2, -0.15) is 0 Å². The summed E-state index contributed by atoms with van der Waals surface area (Å²) in [5, 5.41) is 0. The molecule has 6 heteroatoms. The molecule has 2 aliphatic heterocycles. The van der Waals surface area contributed by atoms with E-state index in [-0.39, 0.29) is 0 Å². The maximum Gasteiger partial charge on any atom is 0.165 e. The number of rotatable bonds is 5. The van der Waals surface area contributed by atoms with Crippen molar-refractivity contribution in [1.29, 1.82) is 0 Å². The fourth-order valence-electron chi connectivity index (χ4n) is 4.40. The summed E-state index contributed by atoms with van der Waals surface area (Å²) in [6, 6.07) is 6.10. The summed E-state index contributed by atoms with van der Waals surface area (Å²) in [5.41, 5.74) is 3.69. The quantitative estimate of drug-likeness (QED) is 0.793. The number of fused-ring (bicyclic) bond motifs is 1. The topological polar surface area (TPSA) is 50.7 Å². The van der Waals surface area contributed by atoms with Crippen LogP contribution in [0, 0.1) is 0 Å². The number of nitrogens with zero attached hydrogens (tertiary/aromatic N) is 4. The zero-order valence-corrected chi connectivity index (χ0v) is 17.1. The van der Waals surface area contributed by atoms with E-state index in [4.69, 9.17) is 19.4 Å². The van der Waals surface area contributed by atoms with Crippen molar-refractivity contribution in [2.75, 3.05) is 40.9 Å². The molecule has 1 unspecified atom stereocenters. The average Bonchev–Trinajstić information content (AvgIpc) is 2.73. The normalized spacial score (nSPS) is 20.6. The van der Waals surface area contributed by atoms with Crippen LogP contribution in [0.5, 0.6) is 11.5 Å². The third-order valence-electron chi connectivity index (χ3n) is 5.89. The molecule has 28 heavy (non-hydrogen) atoms. The Bertz CT molecular complexity index is 826. The summed E-state index contributed by atoms with van der Waals surface area (Å²) in [6.45, 7) is 4.97. The number of likely N-dealkylation sites (tertiary alicyclic amines) is 1. The lowest BCUT2D eigenvalue weighted by Gasteiger charge is -2.33. The first-order valence-corrected chi connectivity index (χ1v) is 10.1. The van der Waals surface area contributed by atoms with Crippen LogP contribution in [0.25, 0.3) is 0 Å². The summed E-state index contributed by atoms with van der Waals surface area (Å²) >= 11 is 0. The van der Waals surface area contributed by atoms with Crippen LogP contribution in [-0.2, 0) is 19.5 Å². The van der Waals surface area contributed by atoms with Gasteiger partial charge in [0.15, 0.2) is 11.5 Å². The fourth-order valence-corrected chi connectivity index (χ4v) is 4.40. The molecule has 0 amide bonds. The second-order valence-corrected chi connectivity index (χ2v) is 7.91. The predicted octanol–water partition coefficient (Wildman–Crippen LogP) is 2.86. The van der Waals surface area contributed by atoms with Crippen LogP contribution in [0.3, 0.4) is 0 Å². The van der Waals surface area contributed by atoms with Gasteiger partial charge in [0.05, 0.1) is 14.2 Å². The molecule has 1 aromatic heterocycles. The van der Waals surface area contributed by atoms with Gasteiger partial charge < -0.3 is 14.4 Å². The van der Waals surface area contributed by atoms with Gasteiger partial charge in [-0.3, -0.25) is 4.90 Å². The van der Waals surface area contributed by atoms with Gasteiger partial charge in [-0.1, -0.05) is 12.1 Å². The summed E-state index contributed by atoms with van der Waals surface area (Å²) in [4.78, 5) is 14.5. The Morgan fingerprint density at radius 2 is 2.07 bits per heavy atom. The minimum atomic E-state index is 0.398. The Labute approximate surface area is 167 Å². The molecule has 2 aliphatic rings. The molecule has 1 aromatic carbocycles. The molecule has 2 aromatic rings. The van der Waals surface area contributed by atoms with E-state index in [0.29, 0.717) is 5.92 Å². The molecule has 0 aliphatic carbocycles. The van der Waals surface area contributed by atoms with E-state index < -0.39 is 0 Å². The van der Waals surface area contributed by atoms with Crippen LogP contribution in [0.2, 0.25) is 0 Å². The molecular weight excluding hydrogens is 352 g/mol. The zero-order valence-electron chi connectivity index (χ0n) is 17.1. The van der Waals surface area contributed by atoms with Crippen molar-refractivity contribution in [3.63, 3.8) is 0 Å². The monoisotopic (exact) mass is 382 g/mol. The standard InChI is InChI=1S/C22H30N4O2/c1-25-11-9-19-18(13-25)12-23-22(24-19)17-7-5-10-26(15-17)14-16-6-4-8-20(27-2)21(16)28-3/h4,6,8,12,17H,5,7,9-11,13-15H2,1-3H3. The molecule has 0 saturated carbocycles. The van der Waals surface area contributed by atoms with Gasteiger partial charge in [-0.25, -0.2) is 9.97 Å². The first-order chi connectivity index (χ1) is 13.7. The molecule has 150 valence electrons. The highest BCUT2D eigenvalue weighted by Crippen LogP contribution is 2.33. The molecule has 3 heterocycles. The van der Waals surface area contributed by atoms with Crippen LogP contribution in [-0.4, -0.2) is 60.7 Å². The summed E-state index contributed by atoms with van der Waals surface area (Å²) < 4.78 is 11.1. The van der Waals surface area contributed by atoms with E-state index in [2.05, 4.69) is 29.1 Å². The van der Waals surface area contributed by atoms with Crippen molar-refractivity contribution < 1.29 is 9.47 Å². The number of hydrogen-bond donors (Lipinski definition) is 0. The van der Waals surface area contributed by atoms with Gasteiger partial charge in [0, 0.05) is 61.5 Å². The van der Waals surface area contributed by atoms with Gasteiger partial charge in [-0.05, 0) is 32.5 Å². The van der Waals surface area contributed by atoms with Gasteiger partial charge >= 0.3 is 0 Å². The highest BCUT2D eigenvalue weighted by molar-refractivity contribution is 5.46. The Kier molecular flexibility index (Phi) is 5.78. The Balaban J connectivity index is 1.48. The van der Waals surface area contributed by atoms with E-state index in [1.165, 1.54) is 17.7 Å². The van der Waals surface area contributed by atoms with Gasteiger partial charge in [-0.15, -0.1) is 0 Å². The zero-order chi connectivity index (χ0) is 19.5. The molecular formula is C22H30N4O2. The van der Waals surface area contributed by atoms with E-state index in [0.717, 1.165) is 68.5 Å². The van der Waals surface area contributed by atoms with Crippen LogP contribution in [0.1, 0.15) is 41.4 Å². The number of ether oxygens (including phenoxy) is 2. The third-order valence-corrected chi connectivity index (χ3v) is 5.89. The van der Waals surface area contributed by atoms with Crippen molar-refractivity contribution in [2.45, 2.75) is 38.3 Å². The highest BCUT2D eigenvalue weighted by atomic mass is 16.5. The van der Waals surface area contributed by atoms with Gasteiger partial charge in [0.2, 0.25) is 0 Å². The third kappa shape index (κ3) is 3.98. The van der Waals surface area contributed by atoms with E-state index in [9.17, 15) is 0 Å². The number of aromatic nitrogens is 2. The Morgan fingerprint density at radius 3 is 2.89 bits per heavy atom. The molecule has 0 radical (unpaired) electrons. The lowest BCUT2D eigenvalue weighted by molar-refractivity contribution is 0.193. The summed E-state index contributed by atoms with van der Waals surface area (Å²) in [5.74, 6) is 3.04. The largest absolute Gasteiger partial charge is 0.493 e. The van der Waals surface area contributed by atoms with Crippen LogP contribution >= 0.6 is 0 Å². The number of para-hydroxylation sites is 1. The molecule has 1 fully saturated rings. The van der Waals surface area contributed by atoms with Crippen LogP contribution in [0.4, 0.5) is 0 Å². The van der Waals surface area contributed by atoms with Crippen molar-refractivity contribution in [1.82, 2.24) is 19.8 Å². The number of methoxy groups -OCH3 is 2. The summed E-state index contributed by atoms with van der Waals surface area (Å²) in [7, 11) is 5.55. The second-order valence-electron chi connectivity index (χ2n) is 7.91. The SMILES string of the molecule is COc1cccc(CN2CCCC(c3ncc4c(n3)CCN(C)C4)C2)c1OC. The maximum absolute atomic E-state index is 5.61. The first-order valence-electron chi connectivity index (χ1n) is 10.1. The van der Waals surface area contributed by atoms with E-state index in [1.54, 1.807) is 14.2 Å².